The van der Waals surface area contributed by atoms with E-state index < -0.39 is 6.10 Å². The van der Waals surface area contributed by atoms with Crippen LogP contribution in [0.25, 0.3) is 11.0 Å². The second kappa shape index (κ2) is 10.7. The lowest BCUT2D eigenvalue weighted by molar-refractivity contribution is 0.105. The topological polar surface area (TPSA) is 136 Å². The molecule has 0 amide bonds. The number of nitrogens with one attached hydrogen (secondary N) is 3. The fourth-order valence-corrected chi connectivity index (χ4v) is 3.48. The van der Waals surface area contributed by atoms with E-state index in [4.69, 9.17) is 14.7 Å². The van der Waals surface area contributed by atoms with Crippen molar-refractivity contribution >= 4 is 11.0 Å². The summed E-state index contributed by atoms with van der Waals surface area (Å²) in [5.74, 6) is 1.60. The van der Waals surface area contributed by atoms with Crippen LogP contribution in [0.15, 0.2) is 65.6 Å². The lowest BCUT2D eigenvalue weighted by Gasteiger charge is -2.18. The van der Waals surface area contributed by atoms with Gasteiger partial charge in [0, 0.05) is 24.8 Å². The van der Waals surface area contributed by atoms with Gasteiger partial charge in [0.05, 0.1) is 11.1 Å². The third-order valence-electron chi connectivity index (χ3n) is 5.20. The van der Waals surface area contributed by atoms with Crippen molar-refractivity contribution in [3.63, 3.8) is 0 Å². The normalized spacial score (nSPS) is 12.7. The molecule has 4 rings (SSSR count). The van der Waals surface area contributed by atoms with Gasteiger partial charge in [-0.25, -0.2) is 9.78 Å². The molecule has 4 aromatic rings. The van der Waals surface area contributed by atoms with Crippen LogP contribution in [0.4, 0.5) is 0 Å². The van der Waals surface area contributed by atoms with Gasteiger partial charge in [-0.15, -0.1) is 0 Å². The number of nitriles is 1. The molecule has 0 radical (unpaired) electrons. The molecule has 0 aliphatic carbocycles. The minimum atomic E-state index is -0.709. The predicted molar refractivity (Wildman–Crippen MR) is 127 cm³/mol. The summed E-state index contributed by atoms with van der Waals surface area (Å²) in [6, 6.07) is 18.5. The lowest BCUT2D eigenvalue weighted by Crippen LogP contribution is -2.37. The number of aromatic amines is 2. The van der Waals surface area contributed by atoms with E-state index in [2.05, 4.69) is 20.3 Å². The van der Waals surface area contributed by atoms with E-state index in [1.165, 1.54) is 6.20 Å². The molecule has 34 heavy (non-hydrogen) atoms. The van der Waals surface area contributed by atoms with Gasteiger partial charge in [0.2, 0.25) is 5.88 Å². The first-order chi connectivity index (χ1) is 16.5. The van der Waals surface area contributed by atoms with Crippen LogP contribution in [-0.4, -0.2) is 45.4 Å². The maximum Gasteiger partial charge on any atom is 0.323 e. The van der Waals surface area contributed by atoms with Gasteiger partial charge in [-0.2, -0.15) is 5.26 Å². The van der Waals surface area contributed by atoms with Crippen molar-refractivity contribution in [2.45, 2.75) is 25.5 Å². The summed E-state index contributed by atoms with van der Waals surface area (Å²) < 4.78 is 11.4. The molecular formula is C25H25N5O4. The molecule has 0 aliphatic rings. The zero-order valence-electron chi connectivity index (χ0n) is 18.6. The molecular weight excluding hydrogens is 434 g/mol. The first kappa shape index (κ1) is 23.0. The smallest absolute Gasteiger partial charge is 0.323 e. The van der Waals surface area contributed by atoms with Crippen molar-refractivity contribution in [1.82, 2.24) is 20.3 Å². The third kappa shape index (κ3) is 6.01. The Labute approximate surface area is 196 Å². The van der Waals surface area contributed by atoms with E-state index in [0.29, 0.717) is 40.5 Å². The van der Waals surface area contributed by atoms with Crippen molar-refractivity contribution in [3.8, 4) is 23.4 Å². The van der Waals surface area contributed by atoms with Crippen LogP contribution in [0.1, 0.15) is 18.1 Å². The zero-order chi connectivity index (χ0) is 23.9. The number of fused-ring (bicyclic) bond motifs is 1. The summed E-state index contributed by atoms with van der Waals surface area (Å²) in [5.41, 5.74) is 2.55. The number of aromatic nitrogens is 3. The number of ether oxygens (including phenoxy) is 2. The second-order valence-electron chi connectivity index (χ2n) is 7.98. The standard InChI is InChI=1S/C25H25N5O4/c1-16(11-17-5-8-20(9-6-17)34-23-10-7-18(12-26)13-28-23)27-14-19(31)15-33-22-4-2-3-21-24(22)30-25(32)29-21/h2-10,13,16,19,27,31H,11,14-15H2,1H3,(H2,29,30,32)/t16?,19-/m0/s1. The van der Waals surface area contributed by atoms with Gasteiger partial charge < -0.3 is 29.9 Å². The number of rotatable bonds is 10. The Morgan fingerprint density at radius 2 is 1.97 bits per heavy atom. The number of H-pyrrole nitrogens is 2. The van der Waals surface area contributed by atoms with Gasteiger partial charge in [-0.3, -0.25) is 0 Å². The largest absolute Gasteiger partial charge is 0.489 e. The molecule has 2 aromatic heterocycles. The van der Waals surface area contributed by atoms with E-state index in [1.807, 2.05) is 37.3 Å². The van der Waals surface area contributed by atoms with Gasteiger partial charge in [-0.1, -0.05) is 18.2 Å². The monoisotopic (exact) mass is 459 g/mol. The minimum absolute atomic E-state index is 0.0987. The number of hydrogen-bond acceptors (Lipinski definition) is 7. The van der Waals surface area contributed by atoms with Crippen LogP contribution in [0.3, 0.4) is 0 Å². The predicted octanol–water partition coefficient (Wildman–Crippen LogP) is 2.88. The Morgan fingerprint density at radius 1 is 1.15 bits per heavy atom. The molecule has 9 nitrogen and oxygen atoms in total. The van der Waals surface area contributed by atoms with Crippen LogP contribution >= 0.6 is 0 Å². The zero-order valence-corrected chi connectivity index (χ0v) is 18.6. The van der Waals surface area contributed by atoms with Crippen molar-refractivity contribution in [1.29, 1.82) is 5.26 Å². The Kier molecular flexibility index (Phi) is 7.22. The molecule has 0 saturated heterocycles. The molecule has 0 aliphatic heterocycles. The fourth-order valence-electron chi connectivity index (χ4n) is 3.48. The highest BCUT2D eigenvalue weighted by Crippen LogP contribution is 2.22. The lowest BCUT2D eigenvalue weighted by atomic mass is 10.1. The fraction of sp³-hybridized carbons (Fsp3) is 0.240. The number of benzene rings is 2. The summed E-state index contributed by atoms with van der Waals surface area (Å²) in [6.07, 6.45) is 1.53. The molecule has 2 aromatic carbocycles. The van der Waals surface area contributed by atoms with E-state index in [1.54, 1.807) is 30.3 Å². The quantitative estimate of drug-likeness (QED) is 0.286. The highest BCUT2D eigenvalue weighted by molar-refractivity contribution is 5.80. The van der Waals surface area contributed by atoms with Gasteiger partial charge in [0.1, 0.15) is 35.8 Å². The van der Waals surface area contributed by atoms with Crippen molar-refractivity contribution in [2.75, 3.05) is 13.2 Å². The second-order valence-corrected chi connectivity index (χ2v) is 7.98. The number of imidazole rings is 1. The molecule has 1 unspecified atom stereocenters. The highest BCUT2D eigenvalue weighted by Gasteiger charge is 2.11. The minimum Gasteiger partial charge on any atom is -0.489 e. The third-order valence-corrected chi connectivity index (χ3v) is 5.20. The number of nitrogens with zero attached hydrogens (tertiary/aromatic N) is 2. The number of pyridine rings is 1. The Bertz CT molecular complexity index is 1320. The first-order valence-corrected chi connectivity index (χ1v) is 10.9. The van der Waals surface area contributed by atoms with Crippen molar-refractivity contribution < 1.29 is 14.6 Å². The van der Waals surface area contributed by atoms with Crippen molar-refractivity contribution in [2.24, 2.45) is 0 Å². The molecule has 174 valence electrons. The Morgan fingerprint density at radius 3 is 2.71 bits per heavy atom. The molecule has 9 heteroatoms. The van der Waals surface area contributed by atoms with Crippen LogP contribution in [0.2, 0.25) is 0 Å². The van der Waals surface area contributed by atoms with Crippen LogP contribution in [0.5, 0.6) is 17.4 Å². The van der Waals surface area contributed by atoms with Gasteiger partial charge >= 0.3 is 5.69 Å². The molecule has 4 N–H and O–H groups in total. The number of para-hydroxylation sites is 1. The summed E-state index contributed by atoms with van der Waals surface area (Å²) in [7, 11) is 0. The maximum absolute atomic E-state index is 11.5. The SMILES string of the molecule is CC(Cc1ccc(Oc2ccc(C#N)cn2)cc1)NC[C@H](O)COc1cccc2[nH]c(=O)[nH]c12. The molecule has 0 spiro atoms. The number of aliphatic hydroxyl groups excluding tert-OH is 1. The molecule has 0 bridgehead atoms. The first-order valence-electron chi connectivity index (χ1n) is 10.9. The van der Waals surface area contributed by atoms with Gasteiger partial charge in [0.25, 0.3) is 0 Å². The number of hydrogen-bond donors (Lipinski definition) is 4. The summed E-state index contributed by atoms with van der Waals surface area (Å²) in [4.78, 5) is 21.0. The van der Waals surface area contributed by atoms with Crippen LogP contribution in [0, 0.1) is 11.3 Å². The van der Waals surface area contributed by atoms with Crippen LogP contribution < -0.4 is 20.5 Å². The number of aliphatic hydroxyl groups is 1. The molecule has 0 saturated carbocycles. The Balaban J connectivity index is 1.22. The molecule has 2 heterocycles. The highest BCUT2D eigenvalue weighted by atomic mass is 16.5. The van der Waals surface area contributed by atoms with Gasteiger partial charge in [0.15, 0.2) is 0 Å². The summed E-state index contributed by atoms with van der Waals surface area (Å²) in [5, 5.41) is 22.4. The van der Waals surface area contributed by atoms with E-state index in [0.717, 1.165) is 12.0 Å². The van der Waals surface area contributed by atoms with Gasteiger partial charge in [-0.05, 0) is 49.2 Å². The van der Waals surface area contributed by atoms with Crippen LogP contribution in [-0.2, 0) is 6.42 Å². The van der Waals surface area contributed by atoms with E-state index in [9.17, 15) is 9.90 Å². The maximum atomic E-state index is 11.5. The van der Waals surface area contributed by atoms with Crippen molar-refractivity contribution in [3.05, 3.63) is 82.4 Å². The average molecular weight is 460 g/mol. The van der Waals surface area contributed by atoms with E-state index in [-0.39, 0.29) is 18.3 Å². The average Bonchev–Trinajstić information content (AvgIpc) is 3.24. The summed E-state index contributed by atoms with van der Waals surface area (Å²) >= 11 is 0. The molecule has 2 atom stereocenters. The summed E-state index contributed by atoms with van der Waals surface area (Å²) in [6.45, 7) is 2.51. The molecule has 0 fully saturated rings. The van der Waals surface area contributed by atoms with E-state index >= 15 is 0 Å². The Hall–Kier alpha value is -4.13.